The van der Waals surface area contributed by atoms with Gasteiger partial charge in [0, 0.05) is 58.3 Å². The van der Waals surface area contributed by atoms with E-state index in [-0.39, 0.29) is 19.0 Å². The minimum absolute atomic E-state index is 0.0232. The molecule has 0 spiro atoms. The van der Waals surface area contributed by atoms with Gasteiger partial charge in [0.05, 0.1) is 17.9 Å². The van der Waals surface area contributed by atoms with Crippen molar-refractivity contribution < 1.29 is 22.7 Å². The fraction of sp³-hybridized carbons (Fsp3) is 0.643. The Morgan fingerprint density at radius 2 is 2.17 bits per heavy atom. The normalized spacial score (nSPS) is 29.3. The zero-order valence-electron chi connectivity index (χ0n) is 13.2. The van der Waals surface area contributed by atoms with Crippen LogP contribution in [0.15, 0.2) is 23.0 Å². The Morgan fingerprint density at radius 3 is 2.70 bits per heavy atom. The summed E-state index contributed by atoms with van der Waals surface area (Å²) in [5, 5.41) is 9.76. The van der Waals surface area contributed by atoms with Crippen molar-refractivity contribution in [2.24, 2.45) is 11.3 Å². The van der Waals surface area contributed by atoms with E-state index in [9.17, 15) is 18.3 Å². The van der Waals surface area contributed by atoms with Crippen LogP contribution in [0.1, 0.15) is 5.56 Å². The Balaban J connectivity index is 1.79. The smallest absolute Gasteiger partial charge is 0.312 e. The van der Waals surface area contributed by atoms with Crippen LogP contribution < -0.4 is 0 Å². The van der Waals surface area contributed by atoms with Gasteiger partial charge in [0.15, 0.2) is 0 Å². The van der Waals surface area contributed by atoms with E-state index >= 15 is 0 Å². The van der Waals surface area contributed by atoms with Gasteiger partial charge < -0.3 is 9.52 Å². The van der Waals surface area contributed by atoms with E-state index in [1.165, 1.54) is 18.4 Å². The van der Waals surface area contributed by atoms with Gasteiger partial charge in [0.1, 0.15) is 0 Å². The number of hydrogen-bond donors (Lipinski definition) is 1. The first kappa shape index (κ1) is 16.4. The Morgan fingerprint density at radius 1 is 1.43 bits per heavy atom. The number of furan rings is 1. The minimum Gasteiger partial charge on any atom is -0.481 e. The third-order valence-electron chi connectivity index (χ3n) is 4.85. The quantitative estimate of drug-likeness (QED) is 0.803. The highest BCUT2D eigenvalue weighted by Gasteiger charge is 2.59. The van der Waals surface area contributed by atoms with Crippen molar-refractivity contribution in [1.82, 2.24) is 13.5 Å². The number of aliphatic carboxylic acids is 1. The monoisotopic (exact) mass is 343 g/mol. The summed E-state index contributed by atoms with van der Waals surface area (Å²) in [6.07, 6.45) is 3.23. The summed E-state index contributed by atoms with van der Waals surface area (Å²) in [6.45, 7) is 1.79. The van der Waals surface area contributed by atoms with Crippen LogP contribution in [-0.4, -0.2) is 73.3 Å². The molecule has 3 heterocycles. The van der Waals surface area contributed by atoms with Crippen molar-refractivity contribution in [3.63, 3.8) is 0 Å². The van der Waals surface area contributed by atoms with Gasteiger partial charge in [-0.15, -0.1) is 0 Å². The van der Waals surface area contributed by atoms with Crippen molar-refractivity contribution in [1.29, 1.82) is 0 Å². The molecule has 9 heteroatoms. The molecule has 2 aliphatic heterocycles. The first-order valence-corrected chi connectivity index (χ1v) is 8.80. The largest absolute Gasteiger partial charge is 0.481 e. The molecule has 3 rings (SSSR count). The molecule has 2 aliphatic rings. The van der Waals surface area contributed by atoms with Gasteiger partial charge in [-0.3, -0.25) is 9.69 Å². The van der Waals surface area contributed by atoms with Crippen LogP contribution in [0.5, 0.6) is 0 Å². The molecular weight excluding hydrogens is 322 g/mol. The Kier molecular flexibility index (Phi) is 3.99. The van der Waals surface area contributed by atoms with Crippen LogP contribution in [-0.2, 0) is 21.5 Å². The molecule has 0 aliphatic carbocycles. The Labute approximate surface area is 135 Å². The van der Waals surface area contributed by atoms with E-state index < -0.39 is 21.6 Å². The van der Waals surface area contributed by atoms with Crippen molar-refractivity contribution in [2.75, 3.05) is 40.3 Å². The molecule has 128 valence electrons. The molecule has 0 aromatic carbocycles. The first-order valence-electron chi connectivity index (χ1n) is 7.40. The fourth-order valence-electron chi connectivity index (χ4n) is 3.59. The van der Waals surface area contributed by atoms with E-state index in [1.54, 1.807) is 12.5 Å². The van der Waals surface area contributed by atoms with Crippen LogP contribution in [0.2, 0.25) is 0 Å². The molecule has 2 saturated heterocycles. The lowest BCUT2D eigenvalue weighted by atomic mass is 9.81. The van der Waals surface area contributed by atoms with E-state index in [1.807, 2.05) is 6.07 Å². The van der Waals surface area contributed by atoms with Crippen LogP contribution >= 0.6 is 0 Å². The summed E-state index contributed by atoms with van der Waals surface area (Å²) in [5.74, 6) is -1.13. The summed E-state index contributed by atoms with van der Waals surface area (Å²) in [5.41, 5.74) is -0.0458. The second-order valence-electron chi connectivity index (χ2n) is 6.54. The number of carbonyl (C=O) groups is 1. The first-order chi connectivity index (χ1) is 10.8. The average Bonchev–Trinajstić information content (AvgIpc) is 3.12. The highest BCUT2D eigenvalue weighted by atomic mass is 32.2. The number of fused-ring (bicyclic) bond motifs is 1. The molecule has 8 nitrogen and oxygen atoms in total. The number of carboxylic acids is 1. The average molecular weight is 343 g/mol. The number of hydrogen-bond acceptors (Lipinski definition) is 5. The summed E-state index contributed by atoms with van der Waals surface area (Å²) >= 11 is 0. The molecule has 2 atom stereocenters. The molecule has 0 radical (unpaired) electrons. The van der Waals surface area contributed by atoms with E-state index in [0.29, 0.717) is 19.6 Å². The lowest BCUT2D eigenvalue weighted by molar-refractivity contribution is -0.148. The molecule has 0 unspecified atom stereocenters. The minimum atomic E-state index is -3.59. The molecule has 23 heavy (non-hydrogen) atoms. The lowest BCUT2D eigenvalue weighted by Gasteiger charge is -2.26. The number of rotatable bonds is 5. The maximum absolute atomic E-state index is 12.3. The predicted octanol–water partition coefficient (Wildman–Crippen LogP) is -0.0956. The second-order valence-corrected chi connectivity index (χ2v) is 8.68. The van der Waals surface area contributed by atoms with Crippen LogP contribution in [0.4, 0.5) is 0 Å². The molecule has 1 aromatic rings. The van der Waals surface area contributed by atoms with Gasteiger partial charge in [0.25, 0.3) is 10.2 Å². The topological polar surface area (TPSA) is 94.3 Å². The molecule has 1 N–H and O–H groups in total. The number of carboxylic acid groups (broad SMARTS) is 1. The van der Waals surface area contributed by atoms with Crippen LogP contribution in [0, 0.1) is 11.3 Å². The Bertz CT molecular complexity index is 687. The van der Waals surface area contributed by atoms with Crippen molar-refractivity contribution in [3.8, 4) is 0 Å². The van der Waals surface area contributed by atoms with Crippen LogP contribution in [0.3, 0.4) is 0 Å². The summed E-state index contributed by atoms with van der Waals surface area (Å²) in [6, 6.07) is 1.85. The standard InChI is InChI=1S/C14H21N3O5S/c1-15(2)23(20,21)17-7-12-6-16(5-11-3-4-22-8-11)9-14(12,10-17)13(18)19/h3-4,8,12H,5-7,9-10H2,1-2H3,(H,18,19)/t12-,14-/m0/s1. The van der Waals surface area contributed by atoms with E-state index in [0.717, 1.165) is 9.87 Å². The van der Waals surface area contributed by atoms with Gasteiger partial charge >= 0.3 is 5.97 Å². The van der Waals surface area contributed by atoms with Gasteiger partial charge in [-0.25, -0.2) is 0 Å². The van der Waals surface area contributed by atoms with Gasteiger partial charge in [0.2, 0.25) is 0 Å². The second kappa shape index (κ2) is 5.59. The third kappa shape index (κ3) is 2.67. The number of likely N-dealkylation sites (tertiary alicyclic amines) is 1. The molecule has 0 amide bonds. The van der Waals surface area contributed by atoms with E-state index in [4.69, 9.17) is 4.42 Å². The summed E-state index contributed by atoms with van der Waals surface area (Å²) in [7, 11) is -0.667. The molecule has 0 bridgehead atoms. The number of nitrogens with zero attached hydrogens (tertiary/aromatic N) is 3. The van der Waals surface area contributed by atoms with Crippen molar-refractivity contribution in [3.05, 3.63) is 24.2 Å². The molecule has 2 fully saturated rings. The summed E-state index contributed by atoms with van der Waals surface area (Å²) < 4.78 is 32.1. The van der Waals surface area contributed by atoms with Gasteiger partial charge in [-0.05, 0) is 6.07 Å². The lowest BCUT2D eigenvalue weighted by Crippen LogP contribution is -2.44. The van der Waals surface area contributed by atoms with Gasteiger partial charge in [-0.2, -0.15) is 17.0 Å². The zero-order chi connectivity index (χ0) is 16.8. The van der Waals surface area contributed by atoms with Crippen LogP contribution in [0.25, 0.3) is 0 Å². The fourth-order valence-corrected chi connectivity index (χ4v) is 4.82. The van der Waals surface area contributed by atoms with Crippen molar-refractivity contribution in [2.45, 2.75) is 6.54 Å². The Hall–Kier alpha value is -1.42. The van der Waals surface area contributed by atoms with Gasteiger partial charge in [-0.1, -0.05) is 0 Å². The molecule has 0 saturated carbocycles. The maximum Gasteiger partial charge on any atom is 0.312 e. The molecular formula is C14H21N3O5S. The molecule has 1 aromatic heterocycles. The summed E-state index contributed by atoms with van der Waals surface area (Å²) in [4.78, 5) is 14.0. The maximum atomic E-state index is 12.3. The highest BCUT2D eigenvalue weighted by molar-refractivity contribution is 7.86. The van der Waals surface area contributed by atoms with Crippen molar-refractivity contribution >= 4 is 16.2 Å². The zero-order valence-corrected chi connectivity index (χ0v) is 14.0. The predicted molar refractivity (Wildman–Crippen MR) is 81.7 cm³/mol. The third-order valence-corrected chi connectivity index (χ3v) is 6.70. The SMILES string of the molecule is CN(C)S(=O)(=O)N1C[C@@H]2CN(Cc3ccoc3)C[C@]2(C(=O)O)C1. The van der Waals surface area contributed by atoms with E-state index in [2.05, 4.69) is 4.90 Å². The highest BCUT2D eigenvalue weighted by Crippen LogP contribution is 2.44.